The Balaban J connectivity index is 2.65. The first-order valence-electron chi connectivity index (χ1n) is 4.60. The highest BCUT2D eigenvalue weighted by molar-refractivity contribution is 7.99. The maximum atomic E-state index is 11.2. The number of aliphatic hydroxyl groups is 1. The summed E-state index contributed by atoms with van der Waals surface area (Å²) in [5.41, 5.74) is 4.68. The molecule has 1 aromatic heterocycles. The van der Waals surface area contributed by atoms with Crippen LogP contribution >= 0.6 is 11.8 Å². The van der Waals surface area contributed by atoms with Crippen LogP contribution in [0.25, 0.3) is 0 Å². The Morgan fingerprint density at radius 3 is 3.00 bits per heavy atom. The zero-order chi connectivity index (χ0) is 12.2. The molecule has 0 aliphatic carbocycles. The first-order chi connectivity index (χ1) is 7.47. The van der Waals surface area contributed by atoms with E-state index in [0.29, 0.717) is 5.69 Å². The monoisotopic (exact) mass is 242 g/mol. The van der Waals surface area contributed by atoms with Crippen LogP contribution in [0, 0.1) is 0 Å². The normalized spacial score (nSPS) is 14.2. The lowest BCUT2D eigenvalue weighted by molar-refractivity contribution is -0.158. The van der Waals surface area contributed by atoms with Crippen molar-refractivity contribution in [1.29, 1.82) is 0 Å². The molecular weight excluding hydrogens is 228 g/mol. The molecule has 0 amide bonds. The van der Waals surface area contributed by atoms with E-state index in [2.05, 4.69) is 9.72 Å². The van der Waals surface area contributed by atoms with Crippen molar-refractivity contribution in [3.05, 3.63) is 18.5 Å². The number of nitrogens with two attached hydrogens (primary N) is 1. The van der Waals surface area contributed by atoms with Crippen molar-refractivity contribution < 1.29 is 14.6 Å². The van der Waals surface area contributed by atoms with E-state index in [9.17, 15) is 9.90 Å². The molecule has 3 N–H and O–H groups in total. The van der Waals surface area contributed by atoms with E-state index in [0.717, 1.165) is 4.90 Å². The van der Waals surface area contributed by atoms with Crippen molar-refractivity contribution in [1.82, 2.24) is 4.98 Å². The molecule has 16 heavy (non-hydrogen) atoms. The van der Waals surface area contributed by atoms with E-state index in [-0.39, 0.29) is 5.75 Å². The average Bonchev–Trinajstić information content (AvgIpc) is 2.27. The van der Waals surface area contributed by atoms with Crippen LogP contribution in [0.3, 0.4) is 0 Å². The molecule has 88 valence electrons. The van der Waals surface area contributed by atoms with Crippen LogP contribution in [0.4, 0.5) is 5.69 Å². The molecule has 0 radical (unpaired) electrons. The van der Waals surface area contributed by atoms with Gasteiger partial charge in [-0.25, -0.2) is 4.79 Å². The Hall–Kier alpha value is -1.27. The van der Waals surface area contributed by atoms with Crippen LogP contribution in [0.15, 0.2) is 23.4 Å². The van der Waals surface area contributed by atoms with Crippen LogP contribution in [0.2, 0.25) is 0 Å². The fourth-order valence-corrected chi connectivity index (χ4v) is 1.95. The average molecular weight is 242 g/mol. The molecule has 1 unspecified atom stereocenters. The van der Waals surface area contributed by atoms with E-state index >= 15 is 0 Å². The number of pyridine rings is 1. The lowest BCUT2D eigenvalue weighted by Crippen LogP contribution is -2.38. The van der Waals surface area contributed by atoms with Crippen molar-refractivity contribution in [2.75, 3.05) is 18.6 Å². The number of carbonyl (C=O) groups is 1. The third-order valence-electron chi connectivity index (χ3n) is 1.94. The minimum atomic E-state index is -1.52. The van der Waals surface area contributed by atoms with Crippen molar-refractivity contribution in [2.45, 2.75) is 17.4 Å². The molecule has 0 saturated carbocycles. The Labute approximate surface area is 98.0 Å². The molecule has 1 rings (SSSR count). The molecule has 0 saturated heterocycles. The minimum Gasteiger partial charge on any atom is -0.467 e. The summed E-state index contributed by atoms with van der Waals surface area (Å²) in [6, 6.07) is 1.73. The molecular formula is C10H14N2O3S. The first-order valence-corrected chi connectivity index (χ1v) is 5.59. The minimum absolute atomic E-state index is 0.174. The fraction of sp³-hybridized carbons (Fsp3) is 0.400. The van der Waals surface area contributed by atoms with Gasteiger partial charge in [0, 0.05) is 16.8 Å². The SMILES string of the molecule is COC(=O)C(C)(O)CSc1ccncc1N. The summed E-state index contributed by atoms with van der Waals surface area (Å²) in [6.45, 7) is 1.41. The molecule has 0 fully saturated rings. The lowest BCUT2D eigenvalue weighted by atomic mass is 10.1. The zero-order valence-corrected chi connectivity index (χ0v) is 9.95. The van der Waals surface area contributed by atoms with Crippen LogP contribution in [0.5, 0.6) is 0 Å². The summed E-state index contributed by atoms with van der Waals surface area (Å²) in [5.74, 6) is -0.485. The number of ether oxygens (including phenoxy) is 1. The number of anilines is 1. The third kappa shape index (κ3) is 3.11. The van der Waals surface area contributed by atoms with Crippen molar-refractivity contribution in [3.8, 4) is 0 Å². The van der Waals surface area contributed by atoms with Gasteiger partial charge in [-0.05, 0) is 13.0 Å². The second-order valence-electron chi connectivity index (χ2n) is 3.47. The Bertz CT molecular complexity index is 382. The number of aromatic nitrogens is 1. The van der Waals surface area contributed by atoms with Crippen LogP contribution < -0.4 is 5.73 Å². The van der Waals surface area contributed by atoms with Crippen LogP contribution in [0.1, 0.15) is 6.92 Å². The summed E-state index contributed by atoms with van der Waals surface area (Å²) in [4.78, 5) is 15.8. The largest absolute Gasteiger partial charge is 0.467 e. The van der Waals surface area contributed by atoms with Gasteiger partial charge in [-0.1, -0.05) is 0 Å². The van der Waals surface area contributed by atoms with Gasteiger partial charge in [0.25, 0.3) is 0 Å². The number of methoxy groups -OCH3 is 1. The Morgan fingerprint density at radius 2 is 2.44 bits per heavy atom. The summed E-state index contributed by atoms with van der Waals surface area (Å²) >= 11 is 1.28. The third-order valence-corrected chi connectivity index (χ3v) is 3.33. The molecule has 1 atom stereocenters. The number of hydrogen-bond acceptors (Lipinski definition) is 6. The summed E-state index contributed by atoms with van der Waals surface area (Å²) in [7, 11) is 1.24. The molecule has 6 heteroatoms. The van der Waals surface area contributed by atoms with Gasteiger partial charge in [-0.3, -0.25) is 4.98 Å². The number of rotatable bonds is 4. The molecule has 0 bridgehead atoms. The Kier molecular flexibility index (Phi) is 4.14. The van der Waals surface area contributed by atoms with Crippen LogP contribution in [-0.4, -0.2) is 34.5 Å². The van der Waals surface area contributed by atoms with Gasteiger partial charge in [-0.15, -0.1) is 11.8 Å². The van der Waals surface area contributed by atoms with Gasteiger partial charge in [0.2, 0.25) is 0 Å². The number of carbonyl (C=O) groups excluding carboxylic acids is 1. The van der Waals surface area contributed by atoms with Crippen LogP contribution in [-0.2, 0) is 9.53 Å². The van der Waals surface area contributed by atoms with Gasteiger partial charge in [-0.2, -0.15) is 0 Å². The van der Waals surface area contributed by atoms with E-state index in [1.165, 1.54) is 32.0 Å². The number of esters is 1. The maximum absolute atomic E-state index is 11.2. The summed E-state index contributed by atoms with van der Waals surface area (Å²) < 4.78 is 4.49. The second kappa shape index (κ2) is 5.18. The predicted octanol–water partition coefficient (Wildman–Crippen LogP) is 0.680. The van der Waals surface area contributed by atoms with E-state index in [1.54, 1.807) is 12.3 Å². The summed E-state index contributed by atoms with van der Waals surface area (Å²) in [5, 5.41) is 9.78. The standard InChI is InChI=1S/C10H14N2O3S/c1-10(14,9(13)15-2)6-16-8-3-4-12-5-7(8)11/h3-5,14H,6,11H2,1-2H3. The first kappa shape index (κ1) is 12.8. The Morgan fingerprint density at radius 1 is 1.75 bits per heavy atom. The molecule has 0 aliphatic rings. The van der Waals surface area contributed by atoms with Crippen molar-refractivity contribution in [2.24, 2.45) is 0 Å². The number of hydrogen-bond donors (Lipinski definition) is 2. The lowest BCUT2D eigenvalue weighted by Gasteiger charge is -2.19. The smallest absolute Gasteiger partial charge is 0.338 e. The quantitative estimate of drug-likeness (QED) is 0.596. The zero-order valence-electron chi connectivity index (χ0n) is 9.14. The van der Waals surface area contributed by atoms with E-state index < -0.39 is 11.6 Å². The highest BCUT2D eigenvalue weighted by atomic mass is 32.2. The van der Waals surface area contributed by atoms with E-state index in [4.69, 9.17) is 5.73 Å². The highest BCUT2D eigenvalue weighted by Gasteiger charge is 2.31. The van der Waals surface area contributed by atoms with Gasteiger partial charge < -0.3 is 15.6 Å². The number of nitrogens with zero attached hydrogens (tertiary/aromatic N) is 1. The molecule has 5 nitrogen and oxygen atoms in total. The number of nitrogen functional groups attached to an aromatic ring is 1. The van der Waals surface area contributed by atoms with Crippen molar-refractivity contribution in [3.63, 3.8) is 0 Å². The number of thioether (sulfide) groups is 1. The molecule has 0 aliphatic heterocycles. The molecule has 1 heterocycles. The van der Waals surface area contributed by atoms with Gasteiger partial charge in [0.05, 0.1) is 19.0 Å². The highest BCUT2D eigenvalue weighted by Crippen LogP contribution is 2.27. The fourth-order valence-electron chi connectivity index (χ4n) is 1.02. The maximum Gasteiger partial charge on any atom is 0.338 e. The van der Waals surface area contributed by atoms with Crippen molar-refractivity contribution >= 4 is 23.4 Å². The van der Waals surface area contributed by atoms with Gasteiger partial charge in [0.1, 0.15) is 0 Å². The topological polar surface area (TPSA) is 85.4 Å². The van der Waals surface area contributed by atoms with Gasteiger partial charge in [0.15, 0.2) is 5.60 Å². The predicted molar refractivity (Wildman–Crippen MR) is 62.0 cm³/mol. The molecule has 1 aromatic rings. The second-order valence-corrected chi connectivity index (χ2v) is 4.48. The summed E-state index contributed by atoms with van der Waals surface area (Å²) in [6.07, 6.45) is 3.13. The van der Waals surface area contributed by atoms with Gasteiger partial charge >= 0.3 is 5.97 Å². The van der Waals surface area contributed by atoms with E-state index in [1.807, 2.05) is 0 Å². The molecule has 0 aromatic carbocycles. The molecule has 0 spiro atoms.